The average molecular weight is 176 g/mol. The van der Waals surface area contributed by atoms with Gasteiger partial charge in [0.05, 0.1) is 6.61 Å². The van der Waals surface area contributed by atoms with Crippen molar-refractivity contribution in [3.05, 3.63) is 18.3 Å². The molecule has 1 rings (SSSR count). The zero-order chi connectivity index (χ0) is 9.52. The van der Waals surface area contributed by atoms with Crippen molar-refractivity contribution >= 4 is 5.82 Å². The van der Waals surface area contributed by atoms with E-state index in [1.807, 2.05) is 0 Å². The van der Waals surface area contributed by atoms with Crippen molar-refractivity contribution in [2.24, 2.45) is 0 Å². The third-order valence-electron chi connectivity index (χ3n) is 1.46. The van der Waals surface area contributed by atoms with Crippen molar-refractivity contribution in [2.45, 2.75) is 13.3 Å². The number of anilines is 1. The van der Waals surface area contributed by atoms with Crippen LogP contribution in [0.3, 0.4) is 0 Å². The summed E-state index contributed by atoms with van der Waals surface area (Å²) in [6.45, 7) is 2.36. The Bertz CT molecular complexity index is 325. The molecule has 0 amide bonds. The molecule has 0 radical (unpaired) electrons. The summed E-state index contributed by atoms with van der Waals surface area (Å²) < 4.78 is 5.35. The second-order valence-corrected chi connectivity index (χ2v) is 2.41. The van der Waals surface area contributed by atoms with Crippen LogP contribution in [0, 0.1) is 11.8 Å². The van der Waals surface area contributed by atoms with Gasteiger partial charge < -0.3 is 10.5 Å². The fourth-order valence-electron chi connectivity index (χ4n) is 0.862. The molecule has 68 valence electrons. The molecule has 0 unspecified atom stereocenters. The van der Waals surface area contributed by atoms with Crippen LogP contribution in [0.1, 0.15) is 13.3 Å². The standard InChI is InChI=1S/C10H12N2O/c1-2-3-4-8-13-9-6-5-7-12-10(9)11/h5-7H,4,8H2,1H3,(H2,11,12). The molecule has 3 nitrogen and oxygen atoms in total. The van der Waals surface area contributed by atoms with Crippen molar-refractivity contribution in [1.82, 2.24) is 4.98 Å². The minimum absolute atomic E-state index is 0.423. The first-order chi connectivity index (χ1) is 6.34. The third kappa shape index (κ3) is 3.04. The lowest BCUT2D eigenvalue weighted by molar-refractivity contribution is 0.328. The average Bonchev–Trinajstić information content (AvgIpc) is 2.15. The Kier molecular flexibility index (Phi) is 3.65. The Balaban J connectivity index is 2.44. The molecule has 3 heteroatoms. The fourth-order valence-corrected chi connectivity index (χ4v) is 0.862. The van der Waals surface area contributed by atoms with Crippen LogP contribution in [0.5, 0.6) is 5.75 Å². The molecule has 1 heterocycles. The quantitative estimate of drug-likeness (QED) is 0.560. The molecule has 13 heavy (non-hydrogen) atoms. The normalized spacial score (nSPS) is 8.69. The minimum Gasteiger partial charge on any atom is -0.489 e. The van der Waals surface area contributed by atoms with Gasteiger partial charge in [0, 0.05) is 12.6 Å². The van der Waals surface area contributed by atoms with Gasteiger partial charge in [-0.2, -0.15) is 0 Å². The van der Waals surface area contributed by atoms with Crippen molar-refractivity contribution in [3.8, 4) is 17.6 Å². The molecule has 0 atom stereocenters. The van der Waals surface area contributed by atoms with E-state index in [-0.39, 0.29) is 0 Å². The first-order valence-electron chi connectivity index (χ1n) is 4.07. The molecule has 0 aromatic carbocycles. The first kappa shape index (κ1) is 9.40. The van der Waals surface area contributed by atoms with Crippen LogP contribution in [-0.2, 0) is 0 Å². The number of ether oxygens (including phenoxy) is 1. The highest BCUT2D eigenvalue weighted by Crippen LogP contribution is 2.16. The van der Waals surface area contributed by atoms with Gasteiger partial charge in [-0.05, 0) is 19.1 Å². The Labute approximate surface area is 77.9 Å². The van der Waals surface area contributed by atoms with Gasteiger partial charge in [0.1, 0.15) is 0 Å². The van der Waals surface area contributed by atoms with Gasteiger partial charge in [0.15, 0.2) is 11.6 Å². The summed E-state index contributed by atoms with van der Waals surface area (Å²) in [6.07, 6.45) is 2.35. The van der Waals surface area contributed by atoms with E-state index in [0.29, 0.717) is 24.6 Å². The fraction of sp³-hybridized carbons (Fsp3) is 0.300. The molecule has 0 spiro atoms. The van der Waals surface area contributed by atoms with Gasteiger partial charge in [-0.15, -0.1) is 11.8 Å². The summed E-state index contributed by atoms with van der Waals surface area (Å²) in [5.41, 5.74) is 5.56. The summed E-state index contributed by atoms with van der Waals surface area (Å²) in [7, 11) is 0. The first-order valence-corrected chi connectivity index (χ1v) is 4.07. The summed E-state index contributed by atoms with van der Waals surface area (Å²) in [6, 6.07) is 3.58. The van der Waals surface area contributed by atoms with E-state index >= 15 is 0 Å². The highest BCUT2D eigenvalue weighted by molar-refractivity contribution is 5.44. The lowest BCUT2D eigenvalue weighted by Crippen LogP contribution is -2.00. The number of nitrogen functional groups attached to an aromatic ring is 1. The molecule has 0 aliphatic carbocycles. The van der Waals surface area contributed by atoms with Gasteiger partial charge >= 0.3 is 0 Å². The lowest BCUT2D eigenvalue weighted by Gasteiger charge is -2.04. The molecule has 2 N–H and O–H groups in total. The van der Waals surface area contributed by atoms with Crippen LogP contribution >= 0.6 is 0 Å². The molecule has 0 aliphatic rings. The van der Waals surface area contributed by atoms with E-state index in [4.69, 9.17) is 10.5 Å². The van der Waals surface area contributed by atoms with Gasteiger partial charge in [0.2, 0.25) is 0 Å². The maximum atomic E-state index is 5.56. The van der Waals surface area contributed by atoms with E-state index in [1.54, 1.807) is 25.3 Å². The van der Waals surface area contributed by atoms with Crippen LogP contribution in [0.25, 0.3) is 0 Å². The van der Waals surface area contributed by atoms with Gasteiger partial charge in [0.25, 0.3) is 0 Å². The van der Waals surface area contributed by atoms with E-state index in [9.17, 15) is 0 Å². The summed E-state index contributed by atoms with van der Waals surface area (Å²) in [4.78, 5) is 3.89. The highest BCUT2D eigenvalue weighted by atomic mass is 16.5. The predicted molar refractivity (Wildman–Crippen MR) is 52.2 cm³/mol. The predicted octanol–water partition coefficient (Wildman–Crippen LogP) is 1.46. The zero-order valence-electron chi connectivity index (χ0n) is 7.58. The van der Waals surface area contributed by atoms with Gasteiger partial charge in [-0.1, -0.05) is 0 Å². The molecule has 0 fully saturated rings. The summed E-state index contributed by atoms with van der Waals surface area (Å²) >= 11 is 0. The molecule has 0 saturated carbocycles. The Morgan fingerprint density at radius 1 is 1.62 bits per heavy atom. The largest absolute Gasteiger partial charge is 0.489 e. The molecule has 0 bridgehead atoms. The number of nitrogens with two attached hydrogens (primary N) is 1. The Morgan fingerprint density at radius 3 is 3.15 bits per heavy atom. The smallest absolute Gasteiger partial charge is 0.166 e. The van der Waals surface area contributed by atoms with Crippen molar-refractivity contribution in [3.63, 3.8) is 0 Å². The van der Waals surface area contributed by atoms with Crippen LogP contribution < -0.4 is 10.5 Å². The third-order valence-corrected chi connectivity index (χ3v) is 1.46. The Hall–Kier alpha value is -1.69. The van der Waals surface area contributed by atoms with E-state index < -0.39 is 0 Å². The van der Waals surface area contributed by atoms with Gasteiger partial charge in [-0.25, -0.2) is 4.98 Å². The number of hydrogen-bond donors (Lipinski definition) is 1. The number of rotatable bonds is 3. The van der Waals surface area contributed by atoms with Crippen molar-refractivity contribution in [1.29, 1.82) is 0 Å². The maximum Gasteiger partial charge on any atom is 0.166 e. The number of aromatic nitrogens is 1. The topological polar surface area (TPSA) is 48.1 Å². The molecular formula is C10H12N2O. The van der Waals surface area contributed by atoms with Crippen LogP contribution in [0.15, 0.2) is 18.3 Å². The van der Waals surface area contributed by atoms with E-state index in [0.717, 1.165) is 0 Å². The molecule has 0 saturated heterocycles. The second kappa shape index (κ2) is 5.04. The van der Waals surface area contributed by atoms with Crippen molar-refractivity contribution < 1.29 is 4.74 Å². The van der Waals surface area contributed by atoms with Gasteiger partial charge in [-0.3, -0.25) is 0 Å². The number of nitrogens with zero attached hydrogens (tertiary/aromatic N) is 1. The zero-order valence-corrected chi connectivity index (χ0v) is 7.58. The SMILES string of the molecule is CC#CCCOc1cccnc1N. The minimum atomic E-state index is 0.423. The summed E-state index contributed by atoms with van der Waals surface area (Å²) in [5, 5.41) is 0. The molecular weight excluding hydrogens is 164 g/mol. The van der Waals surface area contributed by atoms with Crippen LogP contribution in [0.2, 0.25) is 0 Å². The Morgan fingerprint density at radius 2 is 2.46 bits per heavy atom. The lowest BCUT2D eigenvalue weighted by atomic mass is 10.4. The van der Waals surface area contributed by atoms with E-state index in [1.165, 1.54) is 0 Å². The highest BCUT2D eigenvalue weighted by Gasteiger charge is 1.97. The molecule has 1 aromatic rings. The van der Waals surface area contributed by atoms with Crippen LogP contribution in [-0.4, -0.2) is 11.6 Å². The molecule has 1 aromatic heterocycles. The second-order valence-electron chi connectivity index (χ2n) is 2.41. The molecule has 0 aliphatic heterocycles. The van der Waals surface area contributed by atoms with Crippen LogP contribution in [0.4, 0.5) is 5.82 Å². The van der Waals surface area contributed by atoms with Crippen molar-refractivity contribution in [2.75, 3.05) is 12.3 Å². The number of hydrogen-bond acceptors (Lipinski definition) is 3. The monoisotopic (exact) mass is 176 g/mol. The summed E-state index contributed by atoms with van der Waals surface area (Å²) in [5.74, 6) is 6.74. The number of pyridine rings is 1. The van der Waals surface area contributed by atoms with E-state index in [2.05, 4.69) is 16.8 Å². The maximum absolute atomic E-state index is 5.56.